The van der Waals surface area contributed by atoms with Crippen LogP contribution in [0.5, 0.6) is 0 Å². The van der Waals surface area contributed by atoms with E-state index in [1.54, 1.807) is 0 Å². The van der Waals surface area contributed by atoms with Crippen molar-refractivity contribution in [3.63, 3.8) is 0 Å². The Morgan fingerprint density at radius 2 is 1.80 bits per heavy atom. The van der Waals surface area contributed by atoms with Crippen molar-refractivity contribution in [3.05, 3.63) is 35.4 Å². The quantitative estimate of drug-likeness (QED) is 0.570. The second-order valence-electron chi connectivity index (χ2n) is 2.77. The van der Waals surface area contributed by atoms with Crippen molar-refractivity contribution in [1.29, 1.82) is 0 Å². The molecule has 1 nitrogen and oxygen atoms in total. The third-order valence-electron chi connectivity index (χ3n) is 1.73. The number of benzene rings is 1. The van der Waals surface area contributed by atoms with E-state index in [2.05, 4.69) is 0 Å². The number of hydrogen-bond acceptors (Lipinski definition) is 1. The minimum Gasteiger partial charge on any atom is -0.276 e. The van der Waals surface area contributed by atoms with Gasteiger partial charge in [-0.3, -0.25) is 4.79 Å². The average Bonchev–Trinajstić information content (AvgIpc) is 2.15. The van der Waals surface area contributed by atoms with Crippen LogP contribution in [0.4, 0.5) is 17.6 Å². The second kappa shape index (κ2) is 4.18. The minimum absolute atomic E-state index is 0.469. The highest BCUT2D eigenvalue weighted by atomic mass is 35.5. The average molecular weight is 241 g/mol. The maximum Gasteiger partial charge on any atom is 0.423 e. The van der Waals surface area contributed by atoms with Crippen LogP contribution in [0.15, 0.2) is 24.3 Å². The molecule has 0 radical (unpaired) electrons. The normalized spacial score (nSPS) is 13.7. The van der Waals surface area contributed by atoms with Gasteiger partial charge in [-0.1, -0.05) is 18.2 Å². The summed E-state index contributed by atoms with van der Waals surface area (Å²) < 4.78 is 49.1. The van der Waals surface area contributed by atoms with Crippen molar-refractivity contribution in [2.24, 2.45) is 0 Å². The van der Waals surface area contributed by atoms with Crippen LogP contribution in [-0.2, 0) is 0 Å². The van der Waals surface area contributed by atoms with Gasteiger partial charge in [0.2, 0.25) is 6.17 Å². The van der Waals surface area contributed by atoms with E-state index in [0.717, 1.165) is 12.1 Å². The number of halogens is 5. The maximum absolute atomic E-state index is 12.9. The van der Waals surface area contributed by atoms with Gasteiger partial charge in [-0.15, -0.1) is 0 Å². The first kappa shape index (κ1) is 12.0. The van der Waals surface area contributed by atoms with Gasteiger partial charge in [0, 0.05) is 11.1 Å². The SMILES string of the molecule is O=C(Cl)c1ccccc1C(F)C(F)(F)F. The molecule has 0 aromatic heterocycles. The molecule has 15 heavy (non-hydrogen) atoms. The van der Waals surface area contributed by atoms with Crippen molar-refractivity contribution in [1.82, 2.24) is 0 Å². The van der Waals surface area contributed by atoms with Crippen LogP contribution in [0.1, 0.15) is 22.1 Å². The summed E-state index contributed by atoms with van der Waals surface area (Å²) in [6, 6.07) is 4.44. The molecule has 0 saturated carbocycles. The van der Waals surface area contributed by atoms with Gasteiger partial charge in [-0.2, -0.15) is 13.2 Å². The van der Waals surface area contributed by atoms with E-state index in [0.29, 0.717) is 0 Å². The summed E-state index contributed by atoms with van der Waals surface area (Å²) in [6.07, 6.45) is -8.24. The lowest BCUT2D eigenvalue weighted by Crippen LogP contribution is -2.18. The zero-order valence-corrected chi connectivity index (χ0v) is 7.94. The molecule has 0 heterocycles. The van der Waals surface area contributed by atoms with E-state index in [9.17, 15) is 22.4 Å². The summed E-state index contributed by atoms with van der Waals surface area (Å²) in [4.78, 5) is 10.7. The minimum atomic E-state index is -5.04. The summed E-state index contributed by atoms with van der Waals surface area (Å²) >= 11 is 5.03. The lowest BCUT2D eigenvalue weighted by Gasteiger charge is -2.14. The van der Waals surface area contributed by atoms with Crippen LogP contribution in [-0.4, -0.2) is 11.4 Å². The predicted molar refractivity (Wildman–Crippen MR) is 46.5 cm³/mol. The topological polar surface area (TPSA) is 17.1 Å². The molecule has 0 aliphatic carbocycles. The smallest absolute Gasteiger partial charge is 0.276 e. The lowest BCUT2D eigenvalue weighted by atomic mass is 10.0. The molecule has 1 aromatic carbocycles. The molecule has 0 N–H and O–H groups in total. The van der Waals surface area contributed by atoms with Crippen molar-refractivity contribution in [3.8, 4) is 0 Å². The Balaban J connectivity index is 3.19. The van der Waals surface area contributed by atoms with Gasteiger partial charge in [0.25, 0.3) is 5.24 Å². The van der Waals surface area contributed by atoms with E-state index in [1.807, 2.05) is 0 Å². The third kappa shape index (κ3) is 2.68. The highest BCUT2D eigenvalue weighted by molar-refractivity contribution is 6.67. The molecule has 0 bridgehead atoms. The molecule has 6 heteroatoms. The summed E-state index contributed by atoms with van der Waals surface area (Å²) in [5.41, 5.74) is -1.23. The number of hydrogen-bond donors (Lipinski definition) is 0. The molecule has 0 aliphatic heterocycles. The molecule has 0 saturated heterocycles. The highest BCUT2D eigenvalue weighted by Crippen LogP contribution is 2.37. The van der Waals surface area contributed by atoms with E-state index in [-0.39, 0.29) is 0 Å². The zero-order valence-electron chi connectivity index (χ0n) is 7.18. The molecule has 1 unspecified atom stereocenters. The molecule has 1 aromatic rings. The van der Waals surface area contributed by atoms with Crippen LogP contribution in [0.3, 0.4) is 0 Å². The van der Waals surface area contributed by atoms with Crippen LogP contribution in [0, 0.1) is 0 Å². The molecule has 0 spiro atoms. The van der Waals surface area contributed by atoms with Crippen LogP contribution in [0.25, 0.3) is 0 Å². The van der Waals surface area contributed by atoms with Gasteiger partial charge in [-0.25, -0.2) is 4.39 Å². The van der Waals surface area contributed by atoms with E-state index in [4.69, 9.17) is 11.6 Å². The van der Waals surface area contributed by atoms with Gasteiger partial charge in [0.1, 0.15) is 0 Å². The molecular formula is C9H5ClF4O. The standard InChI is InChI=1S/C9H5ClF4O/c10-8(15)6-4-2-1-3-5(6)7(11)9(12,13)14/h1-4,7H. The largest absolute Gasteiger partial charge is 0.423 e. The third-order valence-corrected chi connectivity index (χ3v) is 1.94. The van der Waals surface area contributed by atoms with E-state index >= 15 is 0 Å². The van der Waals surface area contributed by atoms with Gasteiger partial charge in [-0.05, 0) is 17.7 Å². The van der Waals surface area contributed by atoms with Crippen molar-refractivity contribution < 1.29 is 22.4 Å². The fraction of sp³-hybridized carbons (Fsp3) is 0.222. The summed E-state index contributed by atoms with van der Waals surface area (Å²) in [5, 5.41) is -1.11. The first-order chi connectivity index (χ1) is 6.84. The van der Waals surface area contributed by atoms with Gasteiger partial charge >= 0.3 is 6.18 Å². The van der Waals surface area contributed by atoms with Gasteiger partial charge in [0.15, 0.2) is 0 Å². The number of alkyl halides is 4. The van der Waals surface area contributed by atoms with Crippen molar-refractivity contribution in [2.75, 3.05) is 0 Å². The zero-order chi connectivity index (χ0) is 11.6. The maximum atomic E-state index is 12.9. The Hall–Kier alpha value is -1.10. The summed E-state index contributed by atoms with van der Waals surface area (Å²) in [6.45, 7) is 0. The van der Waals surface area contributed by atoms with Gasteiger partial charge in [0.05, 0.1) is 0 Å². The Kier molecular flexibility index (Phi) is 3.34. The first-order valence-corrected chi connectivity index (χ1v) is 4.21. The predicted octanol–water partition coefficient (Wildman–Crippen LogP) is 3.64. The molecule has 82 valence electrons. The Labute approximate surface area is 87.7 Å². The Morgan fingerprint density at radius 1 is 1.27 bits per heavy atom. The number of carbonyl (C=O) groups excluding carboxylic acids is 1. The fourth-order valence-electron chi connectivity index (χ4n) is 1.07. The monoisotopic (exact) mass is 240 g/mol. The second-order valence-corrected chi connectivity index (χ2v) is 3.11. The summed E-state index contributed by atoms with van der Waals surface area (Å²) in [5.74, 6) is 0. The van der Waals surface area contributed by atoms with Crippen LogP contribution in [0.2, 0.25) is 0 Å². The van der Waals surface area contributed by atoms with E-state index in [1.165, 1.54) is 12.1 Å². The molecule has 1 atom stereocenters. The highest BCUT2D eigenvalue weighted by Gasteiger charge is 2.42. The Morgan fingerprint density at radius 3 is 2.27 bits per heavy atom. The summed E-state index contributed by atoms with van der Waals surface area (Å²) in [7, 11) is 0. The molecule has 0 aliphatic rings. The number of rotatable bonds is 2. The molecule has 1 rings (SSSR count). The first-order valence-electron chi connectivity index (χ1n) is 3.83. The molecular weight excluding hydrogens is 236 g/mol. The van der Waals surface area contributed by atoms with Gasteiger partial charge < -0.3 is 0 Å². The van der Waals surface area contributed by atoms with Crippen LogP contribution < -0.4 is 0 Å². The van der Waals surface area contributed by atoms with E-state index < -0.39 is 28.7 Å². The molecule has 0 amide bonds. The molecule has 0 fully saturated rings. The number of carbonyl (C=O) groups is 1. The van der Waals surface area contributed by atoms with Crippen LogP contribution >= 0.6 is 11.6 Å². The fourth-order valence-corrected chi connectivity index (χ4v) is 1.25. The Bertz CT molecular complexity index is 375. The van der Waals surface area contributed by atoms with Crippen molar-refractivity contribution >= 4 is 16.8 Å². The van der Waals surface area contributed by atoms with Crippen molar-refractivity contribution in [2.45, 2.75) is 12.3 Å². The lowest BCUT2D eigenvalue weighted by molar-refractivity contribution is -0.182.